The highest BCUT2D eigenvalue weighted by molar-refractivity contribution is 7.98. The van der Waals surface area contributed by atoms with Crippen LogP contribution in [0.4, 0.5) is 10.5 Å². The highest BCUT2D eigenvalue weighted by Crippen LogP contribution is 2.30. The van der Waals surface area contributed by atoms with E-state index in [1.807, 2.05) is 42.5 Å². The standard InChI is InChI=1S/C26H23N3OS/c30-26(28-18-20-7-6-16-27-17-20)29-23-12-14-24(15-13-23)31-19-22-10-4-5-11-25(22)21-8-2-1-3-9-21/h1-17H,18-19H2,(H2,28,29,30). The topological polar surface area (TPSA) is 54.0 Å². The number of nitrogens with zero attached hydrogens (tertiary/aromatic N) is 1. The molecule has 0 bridgehead atoms. The normalized spacial score (nSPS) is 10.5. The van der Waals surface area contributed by atoms with Gasteiger partial charge in [0.1, 0.15) is 0 Å². The smallest absolute Gasteiger partial charge is 0.319 e. The summed E-state index contributed by atoms with van der Waals surface area (Å²) in [6, 6.07) is 30.4. The molecule has 5 heteroatoms. The van der Waals surface area contributed by atoms with Gasteiger partial charge < -0.3 is 10.6 Å². The van der Waals surface area contributed by atoms with Gasteiger partial charge in [-0.25, -0.2) is 4.79 Å². The number of thioether (sulfide) groups is 1. The fourth-order valence-corrected chi connectivity index (χ4v) is 4.10. The summed E-state index contributed by atoms with van der Waals surface area (Å²) in [6.07, 6.45) is 3.45. The summed E-state index contributed by atoms with van der Waals surface area (Å²) in [5, 5.41) is 5.70. The molecule has 1 aromatic heterocycles. The molecule has 0 fully saturated rings. The first-order valence-electron chi connectivity index (χ1n) is 10.1. The van der Waals surface area contributed by atoms with Gasteiger partial charge in [0.2, 0.25) is 0 Å². The summed E-state index contributed by atoms with van der Waals surface area (Å²) in [6.45, 7) is 0.439. The van der Waals surface area contributed by atoms with Crippen LogP contribution in [0.5, 0.6) is 0 Å². The highest BCUT2D eigenvalue weighted by atomic mass is 32.2. The van der Waals surface area contributed by atoms with Gasteiger partial charge in [-0.2, -0.15) is 0 Å². The van der Waals surface area contributed by atoms with E-state index in [1.165, 1.54) is 16.7 Å². The van der Waals surface area contributed by atoms with Crippen molar-refractivity contribution in [3.63, 3.8) is 0 Å². The van der Waals surface area contributed by atoms with E-state index in [0.29, 0.717) is 6.54 Å². The molecule has 4 rings (SSSR count). The summed E-state index contributed by atoms with van der Waals surface area (Å²) in [4.78, 5) is 17.3. The SMILES string of the molecule is O=C(NCc1cccnc1)Nc1ccc(SCc2ccccc2-c2ccccc2)cc1. The van der Waals surface area contributed by atoms with Crippen molar-refractivity contribution < 1.29 is 4.79 Å². The van der Waals surface area contributed by atoms with Crippen LogP contribution in [0.1, 0.15) is 11.1 Å². The number of hydrogen-bond acceptors (Lipinski definition) is 3. The lowest BCUT2D eigenvalue weighted by molar-refractivity contribution is 0.251. The van der Waals surface area contributed by atoms with Crippen LogP contribution in [0.15, 0.2) is 108 Å². The lowest BCUT2D eigenvalue weighted by Gasteiger charge is -2.11. The molecule has 4 aromatic rings. The molecule has 0 spiro atoms. The largest absolute Gasteiger partial charge is 0.334 e. The number of pyridine rings is 1. The zero-order valence-corrected chi connectivity index (χ0v) is 17.8. The first-order chi connectivity index (χ1) is 15.3. The fraction of sp³-hybridized carbons (Fsp3) is 0.0769. The number of urea groups is 1. The number of carbonyl (C=O) groups is 1. The van der Waals surface area contributed by atoms with Gasteiger partial charge in [0.15, 0.2) is 0 Å². The van der Waals surface area contributed by atoms with Gasteiger partial charge >= 0.3 is 6.03 Å². The minimum absolute atomic E-state index is 0.235. The molecule has 0 saturated carbocycles. The second kappa shape index (κ2) is 10.5. The Kier molecular flexibility index (Phi) is 6.98. The van der Waals surface area contributed by atoms with E-state index >= 15 is 0 Å². The molecule has 4 nitrogen and oxygen atoms in total. The Morgan fingerprint density at radius 2 is 1.61 bits per heavy atom. The molecule has 1 heterocycles. The summed E-state index contributed by atoms with van der Waals surface area (Å²) < 4.78 is 0. The van der Waals surface area contributed by atoms with Gasteiger partial charge in [-0.05, 0) is 52.6 Å². The van der Waals surface area contributed by atoms with E-state index in [2.05, 4.69) is 64.1 Å². The maximum absolute atomic E-state index is 12.1. The van der Waals surface area contributed by atoms with E-state index in [4.69, 9.17) is 0 Å². The molecule has 0 saturated heterocycles. The number of amides is 2. The number of hydrogen-bond donors (Lipinski definition) is 2. The van der Waals surface area contributed by atoms with Gasteiger partial charge in [-0.15, -0.1) is 11.8 Å². The second-order valence-electron chi connectivity index (χ2n) is 7.01. The number of carbonyl (C=O) groups excluding carboxylic acids is 1. The number of rotatable bonds is 7. The van der Waals surface area contributed by atoms with Gasteiger partial charge in [0.25, 0.3) is 0 Å². The average molecular weight is 426 g/mol. The molecule has 0 aliphatic rings. The molecular formula is C26H23N3OS. The Morgan fingerprint density at radius 1 is 0.839 bits per heavy atom. The molecule has 0 aliphatic heterocycles. The Bertz CT molecular complexity index is 1120. The quantitative estimate of drug-likeness (QED) is 0.339. The zero-order valence-electron chi connectivity index (χ0n) is 17.0. The van der Waals surface area contributed by atoms with Gasteiger partial charge in [-0.3, -0.25) is 4.98 Å². The van der Waals surface area contributed by atoms with E-state index in [9.17, 15) is 4.79 Å². The molecule has 2 N–H and O–H groups in total. The van der Waals surface area contributed by atoms with Crippen LogP contribution in [0.2, 0.25) is 0 Å². The molecule has 0 aliphatic carbocycles. The molecule has 0 radical (unpaired) electrons. The van der Waals surface area contributed by atoms with Crippen molar-refractivity contribution in [2.45, 2.75) is 17.2 Å². The summed E-state index contributed by atoms with van der Waals surface area (Å²) in [5.41, 5.74) is 5.52. The first kappa shape index (κ1) is 20.7. The van der Waals surface area contributed by atoms with Crippen molar-refractivity contribution in [2.24, 2.45) is 0 Å². The maximum atomic E-state index is 12.1. The lowest BCUT2D eigenvalue weighted by Crippen LogP contribution is -2.28. The Labute approximate surface area is 186 Å². The van der Waals surface area contributed by atoms with Gasteiger partial charge in [0.05, 0.1) is 0 Å². The van der Waals surface area contributed by atoms with E-state index in [1.54, 1.807) is 24.2 Å². The van der Waals surface area contributed by atoms with Crippen LogP contribution in [-0.2, 0) is 12.3 Å². The van der Waals surface area contributed by atoms with Crippen LogP contribution in [0, 0.1) is 0 Å². The number of benzene rings is 3. The zero-order chi connectivity index (χ0) is 21.3. The minimum atomic E-state index is -0.235. The van der Waals surface area contributed by atoms with Crippen molar-refractivity contribution in [3.8, 4) is 11.1 Å². The predicted octanol–water partition coefficient (Wildman–Crippen LogP) is 6.36. The average Bonchev–Trinajstić information content (AvgIpc) is 2.84. The predicted molar refractivity (Wildman–Crippen MR) is 128 cm³/mol. The van der Waals surface area contributed by atoms with Crippen molar-refractivity contribution in [1.82, 2.24) is 10.3 Å². The Morgan fingerprint density at radius 3 is 2.39 bits per heavy atom. The third-order valence-corrected chi connectivity index (χ3v) is 5.85. The van der Waals surface area contributed by atoms with Crippen LogP contribution in [-0.4, -0.2) is 11.0 Å². The van der Waals surface area contributed by atoms with E-state index < -0.39 is 0 Å². The third-order valence-electron chi connectivity index (χ3n) is 4.78. The molecule has 0 unspecified atom stereocenters. The van der Waals surface area contributed by atoms with Crippen LogP contribution < -0.4 is 10.6 Å². The van der Waals surface area contributed by atoms with Crippen molar-refractivity contribution in [1.29, 1.82) is 0 Å². The Balaban J connectivity index is 1.32. The summed E-state index contributed by atoms with van der Waals surface area (Å²) >= 11 is 1.78. The molecule has 0 atom stereocenters. The maximum Gasteiger partial charge on any atom is 0.319 e. The number of nitrogens with one attached hydrogen (secondary N) is 2. The molecular weight excluding hydrogens is 402 g/mol. The lowest BCUT2D eigenvalue weighted by atomic mass is 10.0. The minimum Gasteiger partial charge on any atom is -0.334 e. The monoisotopic (exact) mass is 425 g/mol. The van der Waals surface area contributed by atoms with Crippen LogP contribution >= 0.6 is 11.8 Å². The molecule has 154 valence electrons. The summed E-state index contributed by atoms with van der Waals surface area (Å²) in [5.74, 6) is 0.878. The van der Waals surface area contributed by atoms with E-state index in [0.717, 1.165) is 21.9 Å². The van der Waals surface area contributed by atoms with Crippen LogP contribution in [0.3, 0.4) is 0 Å². The molecule has 31 heavy (non-hydrogen) atoms. The molecule has 2 amide bonds. The number of aromatic nitrogens is 1. The molecule has 3 aromatic carbocycles. The highest BCUT2D eigenvalue weighted by Gasteiger charge is 2.06. The third kappa shape index (κ3) is 5.96. The Hall–Kier alpha value is -3.57. The first-order valence-corrected chi connectivity index (χ1v) is 11.1. The van der Waals surface area contributed by atoms with Crippen LogP contribution in [0.25, 0.3) is 11.1 Å². The fourth-order valence-electron chi connectivity index (χ4n) is 3.20. The second-order valence-corrected chi connectivity index (χ2v) is 8.05. The number of anilines is 1. The summed E-state index contributed by atoms with van der Waals surface area (Å²) in [7, 11) is 0. The van der Waals surface area contributed by atoms with E-state index in [-0.39, 0.29) is 6.03 Å². The van der Waals surface area contributed by atoms with Crippen molar-refractivity contribution in [2.75, 3.05) is 5.32 Å². The van der Waals surface area contributed by atoms with Crippen molar-refractivity contribution >= 4 is 23.5 Å². The van der Waals surface area contributed by atoms with Crippen molar-refractivity contribution in [3.05, 3.63) is 115 Å². The van der Waals surface area contributed by atoms with Gasteiger partial charge in [-0.1, -0.05) is 60.7 Å². The van der Waals surface area contributed by atoms with Gasteiger partial charge in [0, 0.05) is 35.3 Å².